The van der Waals surface area contributed by atoms with Gasteiger partial charge in [0.25, 0.3) is 0 Å². The third-order valence-electron chi connectivity index (χ3n) is 3.19. The molecule has 0 aromatic carbocycles. The van der Waals surface area contributed by atoms with Crippen molar-refractivity contribution < 1.29 is 9.59 Å². The van der Waals surface area contributed by atoms with E-state index in [2.05, 4.69) is 34.6 Å². The van der Waals surface area contributed by atoms with E-state index in [9.17, 15) is 9.59 Å². The molecule has 102 valence electrons. The molecule has 0 aromatic heterocycles. The first-order chi connectivity index (χ1) is 7.99. The number of carbonyl (C=O) groups is 2. The van der Waals surface area contributed by atoms with Crippen LogP contribution in [0.3, 0.4) is 0 Å². The number of hydrogen-bond donors (Lipinski definition) is 0. The van der Waals surface area contributed by atoms with Gasteiger partial charge in [-0.15, -0.1) is 0 Å². The second-order valence-corrected chi connectivity index (χ2v) is 5.26. The van der Waals surface area contributed by atoms with Gasteiger partial charge in [0.1, 0.15) is 12.6 Å². The highest BCUT2D eigenvalue weighted by molar-refractivity contribution is 5.49. The van der Waals surface area contributed by atoms with Crippen LogP contribution in [0, 0.1) is 17.8 Å². The fraction of sp³-hybridized carbons (Fsp3) is 0.867. The average Bonchev–Trinajstić information content (AvgIpc) is 2.29. The highest BCUT2D eigenvalue weighted by Gasteiger charge is 2.07. The van der Waals surface area contributed by atoms with Crippen LogP contribution in [0.5, 0.6) is 0 Å². The standard InChI is InChI=1S/C8H16O.C7H14O/c1-4-7(2)8(3)5-6-9;1-7(2)5-3-4-6-8/h6-8H,4-5H2,1-3H3;6-7H,3-5H2,1-2H3. The van der Waals surface area contributed by atoms with Gasteiger partial charge >= 0.3 is 0 Å². The molecule has 2 unspecified atom stereocenters. The van der Waals surface area contributed by atoms with Crippen LogP contribution in [0.25, 0.3) is 0 Å². The minimum absolute atomic E-state index is 0.562. The Morgan fingerprint density at radius 1 is 0.941 bits per heavy atom. The lowest BCUT2D eigenvalue weighted by atomic mass is 9.91. The molecule has 0 N–H and O–H groups in total. The van der Waals surface area contributed by atoms with Crippen molar-refractivity contribution >= 4 is 12.6 Å². The van der Waals surface area contributed by atoms with Gasteiger partial charge in [0.05, 0.1) is 0 Å². The molecule has 0 saturated heterocycles. The summed E-state index contributed by atoms with van der Waals surface area (Å²) in [6.45, 7) is 10.8. The summed E-state index contributed by atoms with van der Waals surface area (Å²) in [4.78, 5) is 19.8. The first kappa shape index (κ1) is 18.7. The predicted molar refractivity (Wildman–Crippen MR) is 74.1 cm³/mol. The van der Waals surface area contributed by atoms with E-state index in [-0.39, 0.29) is 0 Å². The quantitative estimate of drug-likeness (QED) is 0.470. The number of unbranched alkanes of at least 4 members (excludes halogenated alkanes) is 1. The average molecular weight is 242 g/mol. The lowest BCUT2D eigenvalue weighted by Crippen LogP contribution is -2.06. The molecule has 0 spiro atoms. The highest BCUT2D eigenvalue weighted by Crippen LogP contribution is 2.16. The molecule has 0 amide bonds. The second-order valence-electron chi connectivity index (χ2n) is 5.26. The largest absolute Gasteiger partial charge is 0.303 e. The summed E-state index contributed by atoms with van der Waals surface area (Å²) in [6, 6.07) is 0. The Morgan fingerprint density at radius 3 is 1.88 bits per heavy atom. The van der Waals surface area contributed by atoms with Crippen LogP contribution in [0.4, 0.5) is 0 Å². The van der Waals surface area contributed by atoms with Gasteiger partial charge in [-0.2, -0.15) is 0 Å². The topological polar surface area (TPSA) is 34.1 Å². The van der Waals surface area contributed by atoms with E-state index in [0.29, 0.717) is 11.8 Å². The van der Waals surface area contributed by atoms with Gasteiger partial charge in [0, 0.05) is 12.8 Å². The molecule has 2 nitrogen and oxygen atoms in total. The van der Waals surface area contributed by atoms with Gasteiger partial charge in [0.15, 0.2) is 0 Å². The van der Waals surface area contributed by atoms with Crippen molar-refractivity contribution in [1.82, 2.24) is 0 Å². The van der Waals surface area contributed by atoms with E-state index in [1.807, 2.05) is 0 Å². The summed E-state index contributed by atoms with van der Waals surface area (Å²) in [7, 11) is 0. The first-order valence-corrected chi connectivity index (χ1v) is 6.86. The van der Waals surface area contributed by atoms with Crippen molar-refractivity contribution in [1.29, 1.82) is 0 Å². The third-order valence-corrected chi connectivity index (χ3v) is 3.19. The molecule has 0 rings (SSSR count). The summed E-state index contributed by atoms with van der Waals surface area (Å²) >= 11 is 0. The SMILES string of the molecule is CC(C)CCCC=O.CCC(C)C(C)CC=O. The minimum atomic E-state index is 0.562. The van der Waals surface area contributed by atoms with E-state index in [4.69, 9.17) is 0 Å². The molecule has 0 aliphatic carbocycles. The normalized spacial score (nSPS) is 13.5. The minimum Gasteiger partial charge on any atom is -0.303 e. The van der Waals surface area contributed by atoms with Crippen molar-refractivity contribution in [3.05, 3.63) is 0 Å². The molecule has 2 heteroatoms. The molecular formula is C15H30O2. The Morgan fingerprint density at radius 2 is 1.53 bits per heavy atom. The van der Waals surface area contributed by atoms with Crippen LogP contribution >= 0.6 is 0 Å². The number of aldehydes is 2. The summed E-state index contributed by atoms with van der Waals surface area (Å²) in [5.41, 5.74) is 0. The van der Waals surface area contributed by atoms with Gasteiger partial charge in [0.2, 0.25) is 0 Å². The Bertz CT molecular complexity index is 176. The molecule has 0 aliphatic rings. The predicted octanol–water partition coefficient (Wildman–Crippen LogP) is 4.27. The van der Waals surface area contributed by atoms with Crippen molar-refractivity contribution in [3.63, 3.8) is 0 Å². The lowest BCUT2D eigenvalue weighted by molar-refractivity contribution is -0.109. The molecule has 0 radical (unpaired) electrons. The van der Waals surface area contributed by atoms with Crippen LogP contribution in [0.2, 0.25) is 0 Å². The Labute approximate surface area is 107 Å². The highest BCUT2D eigenvalue weighted by atomic mass is 16.1. The van der Waals surface area contributed by atoms with Gasteiger partial charge in [-0.05, 0) is 24.2 Å². The fourth-order valence-electron chi connectivity index (χ4n) is 1.40. The van der Waals surface area contributed by atoms with E-state index >= 15 is 0 Å². The van der Waals surface area contributed by atoms with E-state index in [1.54, 1.807) is 0 Å². The van der Waals surface area contributed by atoms with E-state index in [1.165, 1.54) is 12.8 Å². The third kappa shape index (κ3) is 15.3. The molecule has 0 heterocycles. The van der Waals surface area contributed by atoms with Crippen LogP contribution < -0.4 is 0 Å². The zero-order valence-electron chi connectivity index (χ0n) is 12.2. The molecule has 17 heavy (non-hydrogen) atoms. The van der Waals surface area contributed by atoms with Crippen molar-refractivity contribution in [2.24, 2.45) is 17.8 Å². The molecule has 0 saturated carbocycles. The van der Waals surface area contributed by atoms with Crippen molar-refractivity contribution in [2.45, 2.75) is 66.7 Å². The van der Waals surface area contributed by atoms with Gasteiger partial charge in [-0.25, -0.2) is 0 Å². The molecule has 0 fully saturated rings. The Kier molecular flexibility index (Phi) is 14.7. The van der Waals surface area contributed by atoms with Crippen LogP contribution in [-0.4, -0.2) is 12.6 Å². The van der Waals surface area contributed by atoms with Crippen molar-refractivity contribution in [2.75, 3.05) is 0 Å². The zero-order valence-corrected chi connectivity index (χ0v) is 12.2. The van der Waals surface area contributed by atoms with Crippen molar-refractivity contribution in [3.8, 4) is 0 Å². The number of carbonyl (C=O) groups excluding carboxylic acids is 2. The molecule has 0 bridgehead atoms. The monoisotopic (exact) mass is 242 g/mol. The zero-order chi connectivity index (χ0) is 13.7. The first-order valence-electron chi connectivity index (χ1n) is 6.86. The van der Waals surface area contributed by atoms with Crippen LogP contribution in [0.15, 0.2) is 0 Å². The molecule has 2 atom stereocenters. The van der Waals surface area contributed by atoms with Crippen LogP contribution in [0.1, 0.15) is 66.7 Å². The van der Waals surface area contributed by atoms with E-state index in [0.717, 1.165) is 37.8 Å². The molecular weight excluding hydrogens is 212 g/mol. The number of hydrogen-bond acceptors (Lipinski definition) is 2. The Balaban J connectivity index is 0. The molecule has 0 aliphatic heterocycles. The summed E-state index contributed by atoms with van der Waals surface area (Å²) < 4.78 is 0. The summed E-state index contributed by atoms with van der Waals surface area (Å²) in [5.74, 6) is 2.00. The summed E-state index contributed by atoms with van der Waals surface area (Å²) in [6.07, 6.45) is 6.86. The Hall–Kier alpha value is -0.660. The fourth-order valence-corrected chi connectivity index (χ4v) is 1.40. The second kappa shape index (κ2) is 13.4. The molecule has 0 aromatic rings. The van der Waals surface area contributed by atoms with Crippen LogP contribution in [-0.2, 0) is 9.59 Å². The van der Waals surface area contributed by atoms with Gasteiger partial charge in [-0.1, -0.05) is 47.5 Å². The smallest absolute Gasteiger partial charge is 0.120 e. The van der Waals surface area contributed by atoms with Gasteiger partial charge in [-0.3, -0.25) is 0 Å². The summed E-state index contributed by atoms with van der Waals surface area (Å²) in [5, 5.41) is 0. The maximum absolute atomic E-state index is 10.0. The van der Waals surface area contributed by atoms with E-state index < -0.39 is 0 Å². The lowest BCUT2D eigenvalue weighted by Gasteiger charge is -2.14. The number of rotatable bonds is 8. The maximum atomic E-state index is 10.0. The maximum Gasteiger partial charge on any atom is 0.120 e. The van der Waals surface area contributed by atoms with Gasteiger partial charge < -0.3 is 9.59 Å².